The molecule has 0 radical (unpaired) electrons. The maximum absolute atomic E-state index is 12.6. The Morgan fingerprint density at radius 1 is 0.741 bits per heavy atom. The highest BCUT2D eigenvalue weighted by atomic mass is 32.2. The molecule has 2 aromatic carbocycles. The van der Waals surface area contributed by atoms with Gasteiger partial charge in [-0.2, -0.15) is 0 Å². The number of nitrogens with one attached hydrogen (secondary N) is 2. The van der Waals surface area contributed by atoms with Crippen molar-refractivity contribution >= 4 is 20.0 Å². The molecule has 27 heavy (non-hydrogen) atoms. The number of benzene rings is 2. The number of rotatable bonds is 5. The summed E-state index contributed by atoms with van der Waals surface area (Å²) in [6, 6.07) is 9.83. The lowest BCUT2D eigenvalue weighted by atomic mass is 9.87. The molecule has 2 aromatic rings. The fourth-order valence-electron chi connectivity index (χ4n) is 2.94. The zero-order valence-corrected chi connectivity index (χ0v) is 18.0. The van der Waals surface area contributed by atoms with E-state index in [0.717, 1.165) is 11.1 Å². The van der Waals surface area contributed by atoms with Crippen molar-refractivity contribution in [3.8, 4) is 0 Å². The summed E-state index contributed by atoms with van der Waals surface area (Å²) in [7, 11) is -8.09. The highest BCUT2D eigenvalue weighted by molar-refractivity contribution is 7.92. The third-order valence-electron chi connectivity index (χ3n) is 4.21. The average molecular weight is 411 g/mol. The first-order valence-corrected chi connectivity index (χ1v) is 11.4. The van der Waals surface area contributed by atoms with Gasteiger partial charge in [-0.05, 0) is 55.0 Å². The normalized spacial score (nSPS) is 13.0. The fourth-order valence-corrected chi connectivity index (χ4v) is 5.50. The number of aryl methyl sites for hydroxylation is 3. The molecule has 148 valence electrons. The third-order valence-corrected chi connectivity index (χ3v) is 7.16. The maximum atomic E-state index is 12.6. The summed E-state index contributed by atoms with van der Waals surface area (Å²) >= 11 is 0. The highest BCUT2D eigenvalue weighted by Crippen LogP contribution is 2.24. The number of hydrazine groups is 1. The lowest BCUT2D eigenvalue weighted by molar-refractivity contribution is 0.556. The van der Waals surface area contributed by atoms with Crippen LogP contribution in [-0.2, 0) is 25.5 Å². The predicted molar refractivity (Wildman–Crippen MR) is 106 cm³/mol. The van der Waals surface area contributed by atoms with E-state index in [1.165, 1.54) is 12.1 Å². The maximum Gasteiger partial charge on any atom is 0.254 e. The van der Waals surface area contributed by atoms with Crippen LogP contribution in [0.5, 0.6) is 0 Å². The second-order valence-corrected chi connectivity index (χ2v) is 11.0. The molecule has 0 spiro atoms. The van der Waals surface area contributed by atoms with E-state index in [4.69, 9.17) is 0 Å². The summed E-state index contributed by atoms with van der Waals surface area (Å²) in [6.07, 6.45) is 0. The molecule has 0 bridgehead atoms. The second kappa shape index (κ2) is 7.35. The first-order chi connectivity index (χ1) is 12.2. The van der Waals surface area contributed by atoms with Crippen LogP contribution in [0.15, 0.2) is 46.2 Å². The molecule has 0 saturated carbocycles. The third kappa shape index (κ3) is 4.95. The van der Waals surface area contributed by atoms with Crippen molar-refractivity contribution in [3.05, 3.63) is 58.7 Å². The lowest BCUT2D eigenvalue weighted by Gasteiger charge is -2.19. The van der Waals surface area contributed by atoms with Crippen LogP contribution in [0.25, 0.3) is 0 Å². The number of sulfonamides is 2. The van der Waals surface area contributed by atoms with E-state index in [2.05, 4.69) is 0 Å². The Balaban J connectivity index is 2.27. The quantitative estimate of drug-likeness (QED) is 0.741. The predicted octanol–water partition coefficient (Wildman–Crippen LogP) is 3.08. The topological polar surface area (TPSA) is 92.3 Å². The Morgan fingerprint density at radius 2 is 1.19 bits per heavy atom. The van der Waals surface area contributed by atoms with E-state index < -0.39 is 20.0 Å². The van der Waals surface area contributed by atoms with Crippen molar-refractivity contribution in [1.29, 1.82) is 0 Å². The van der Waals surface area contributed by atoms with Crippen LogP contribution in [0.4, 0.5) is 0 Å². The molecule has 0 unspecified atom stereocenters. The van der Waals surface area contributed by atoms with Gasteiger partial charge in [0.15, 0.2) is 0 Å². The smallest absolute Gasteiger partial charge is 0.206 e. The molecule has 0 aliphatic carbocycles. The minimum atomic E-state index is -4.05. The first kappa shape index (κ1) is 21.6. The summed E-state index contributed by atoms with van der Waals surface area (Å²) in [5.74, 6) is 0. The monoisotopic (exact) mass is 410 g/mol. The molecular formula is C19H26N2O4S2. The Kier molecular flexibility index (Phi) is 5.87. The van der Waals surface area contributed by atoms with E-state index in [0.29, 0.717) is 11.1 Å². The SMILES string of the molecule is Cc1cc(C)c(S(=O)(=O)NNS(=O)(=O)c2ccc(C(C)(C)C)cc2)c(C)c1. The van der Waals surface area contributed by atoms with Crippen LogP contribution >= 0.6 is 0 Å². The Labute approximate surface area is 162 Å². The molecule has 2 N–H and O–H groups in total. The zero-order valence-electron chi connectivity index (χ0n) is 16.4. The Bertz CT molecular complexity index is 1030. The number of hydrogen-bond acceptors (Lipinski definition) is 4. The molecule has 0 fully saturated rings. The van der Waals surface area contributed by atoms with Crippen molar-refractivity contribution in [3.63, 3.8) is 0 Å². The largest absolute Gasteiger partial charge is 0.254 e. The van der Waals surface area contributed by atoms with Crippen LogP contribution in [0.3, 0.4) is 0 Å². The van der Waals surface area contributed by atoms with E-state index in [1.807, 2.05) is 37.4 Å². The van der Waals surface area contributed by atoms with Crippen LogP contribution < -0.4 is 9.66 Å². The molecule has 0 aliphatic rings. The van der Waals surface area contributed by atoms with Gasteiger partial charge < -0.3 is 0 Å². The first-order valence-electron chi connectivity index (χ1n) is 8.46. The van der Waals surface area contributed by atoms with E-state index in [9.17, 15) is 16.8 Å². The van der Waals surface area contributed by atoms with Crippen molar-refractivity contribution in [2.75, 3.05) is 0 Å². The molecule has 8 heteroatoms. The lowest BCUT2D eigenvalue weighted by Crippen LogP contribution is -2.41. The molecule has 0 atom stereocenters. The molecule has 0 aliphatic heterocycles. The van der Waals surface area contributed by atoms with E-state index in [-0.39, 0.29) is 15.2 Å². The van der Waals surface area contributed by atoms with Crippen molar-refractivity contribution < 1.29 is 16.8 Å². The van der Waals surface area contributed by atoms with Gasteiger partial charge >= 0.3 is 0 Å². The van der Waals surface area contributed by atoms with Crippen LogP contribution in [0.1, 0.15) is 43.0 Å². The van der Waals surface area contributed by atoms with Gasteiger partial charge in [0.1, 0.15) is 0 Å². The molecule has 0 amide bonds. The molecular weight excluding hydrogens is 384 g/mol. The van der Waals surface area contributed by atoms with Crippen molar-refractivity contribution in [2.45, 2.75) is 56.7 Å². The summed E-state index contributed by atoms with van der Waals surface area (Å²) in [5.41, 5.74) is 2.90. The van der Waals surface area contributed by atoms with Crippen LogP contribution in [-0.4, -0.2) is 16.8 Å². The summed E-state index contributed by atoms with van der Waals surface area (Å²) < 4.78 is 50.1. The zero-order chi connectivity index (χ0) is 20.6. The van der Waals surface area contributed by atoms with E-state index in [1.54, 1.807) is 38.1 Å². The summed E-state index contributed by atoms with van der Waals surface area (Å²) in [6.45, 7) is 11.3. The van der Waals surface area contributed by atoms with Crippen molar-refractivity contribution in [1.82, 2.24) is 9.66 Å². The van der Waals surface area contributed by atoms with Gasteiger partial charge in [-0.3, -0.25) is 0 Å². The van der Waals surface area contributed by atoms with Gasteiger partial charge in [0.25, 0.3) is 20.0 Å². The van der Waals surface area contributed by atoms with Gasteiger partial charge in [0.2, 0.25) is 0 Å². The molecule has 0 saturated heterocycles. The van der Waals surface area contributed by atoms with Gasteiger partial charge in [-0.25, -0.2) is 16.8 Å². The van der Waals surface area contributed by atoms with E-state index >= 15 is 0 Å². The molecule has 0 aromatic heterocycles. The van der Waals surface area contributed by atoms with Crippen LogP contribution in [0.2, 0.25) is 0 Å². The fraction of sp³-hybridized carbons (Fsp3) is 0.368. The standard InChI is InChI=1S/C19H26N2O4S2/c1-13-11-14(2)18(15(3)12-13)27(24,25)21-20-26(22,23)17-9-7-16(8-10-17)19(4,5)6/h7-12,20-21H,1-6H3. The molecule has 0 heterocycles. The summed E-state index contributed by atoms with van der Waals surface area (Å²) in [4.78, 5) is 4.02. The summed E-state index contributed by atoms with van der Waals surface area (Å²) in [5, 5.41) is 0. The second-order valence-electron chi connectivity index (χ2n) is 7.71. The Morgan fingerprint density at radius 3 is 1.63 bits per heavy atom. The average Bonchev–Trinajstić information content (AvgIpc) is 2.51. The molecule has 2 rings (SSSR count). The van der Waals surface area contributed by atoms with Crippen LogP contribution in [0, 0.1) is 20.8 Å². The minimum absolute atomic E-state index is 0.0180. The van der Waals surface area contributed by atoms with Crippen molar-refractivity contribution in [2.24, 2.45) is 0 Å². The van der Waals surface area contributed by atoms with Gasteiger partial charge in [0, 0.05) is 0 Å². The van der Waals surface area contributed by atoms with Gasteiger partial charge in [0.05, 0.1) is 9.79 Å². The molecule has 6 nitrogen and oxygen atoms in total. The minimum Gasteiger partial charge on any atom is -0.206 e. The Hall–Kier alpha value is -1.74. The number of hydrogen-bond donors (Lipinski definition) is 2. The van der Waals surface area contributed by atoms with Gasteiger partial charge in [-0.15, -0.1) is 9.66 Å². The highest BCUT2D eigenvalue weighted by Gasteiger charge is 2.23. The van der Waals surface area contributed by atoms with Gasteiger partial charge in [-0.1, -0.05) is 50.6 Å².